The smallest absolute Gasteiger partial charge is 0.307 e. The molecule has 1 aromatic rings. The third-order valence-electron chi connectivity index (χ3n) is 1.41. The average Bonchev–Trinajstić information content (AvgIpc) is 1.98. The van der Waals surface area contributed by atoms with E-state index in [1.165, 1.54) is 6.07 Å². The summed E-state index contributed by atoms with van der Waals surface area (Å²) in [6, 6.07) is 3.12. The first-order chi connectivity index (χ1) is 6.00. The molecule has 2 nitrogen and oxygen atoms in total. The van der Waals surface area contributed by atoms with E-state index in [9.17, 15) is 9.18 Å². The minimum Gasteiger partial charge on any atom is -0.481 e. The topological polar surface area (TPSA) is 37.3 Å². The van der Waals surface area contributed by atoms with Gasteiger partial charge in [0.2, 0.25) is 0 Å². The lowest BCUT2D eigenvalue weighted by Gasteiger charge is -2.02. The fourth-order valence-corrected chi connectivity index (χ4v) is 2.52. The molecule has 0 heterocycles. The molecular weight excluding hydrogens is 354 g/mol. The van der Waals surface area contributed by atoms with Crippen LogP contribution in [0.1, 0.15) is 5.56 Å². The summed E-state index contributed by atoms with van der Waals surface area (Å²) in [5.41, 5.74) is 0.200. The molecule has 0 spiro atoms. The molecule has 70 valence electrons. The molecule has 1 N–H and O–H groups in total. The summed E-state index contributed by atoms with van der Waals surface area (Å²) >= 11 is 5.02. The molecule has 1 aromatic carbocycles. The van der Waals surface area contributed by atoms with E-state index in [1.54, 1.807) is 6.07 Å². The summed E-state index contributed by atoms with van der Waals surface area (Å²) in [6.45, 7) is 0. The predicted molar refractivity (Wildman–Crippen MR) is 58.2 cm³/mol. The van der Waals surface area contributed by atoms with Crippen LogP contribution in [0.25, 0.3) is 0 Å². The monoisotopic (exact) mass is 358 g/mol. The molecule has 1 rings (SSSR count). The van der Waals surface area contributed by atoms with Crippen molar-refractivity contribution in [3.8, 4) is 0 Å². The summed E-state index contributed by atoms with van der Waals surface area (Å²) in [5, 5.41) is 8.49. The van der Waals surface area contributed by atoms with Crippen molar-refractivity contribution in [1.82, 2.24) is 0 Å². The quantitative estimate of drug-likeness (QED) is 0.652. The number of aliphatic carboxylic acids is 1. The number of benzene rings is 1. The lowest BCUT2D eigenvalue weighted by Crippen LogP contribution is -2.03. The largest absolute Gasteiger partial charge is 0.481 e. The van der Waals surface area contributed by atoms with Crippen molar-refractivity contribution in [2.24, 2.45) is 0 Å². The van der Waals surface area contributed by atoms with Crippen LogP contribution in [0.15, 0.2) is 16.6 Å². The highest BCUT2D eigenvalue weighted by Gasteiger charge is 2.10. The fraction of sp³-hybridized carbons (Fsp3) is 0.125. The zero-order chi connectivity index (χ0) is 10.0. The van der Waals surface area contributed by atoms with Crippen LogP contribution in [0.5, 0.6) is 0 Å². The van der Waals surface area contributed by atoms with Gasteiger partial charge in [0.25, 0.3) is 0 Å². The van der Waals surface area contributed by atoms with Crippen molar-refractivity contribution in [3.05, 3.63) is 31.6 Å². The predicted octanol–water partition coefficient (Wildman–Crippen LogP) is 2.82. The molecule has 5 heteroatoms. The number of hydrogen-bond acceptors (Lipinski definition) is 1. The van der Waals surface area contributed by atoms with Gasteiger partial charge in [-0.2, -0.15) is 0 Å². The molecule has 0 fully saturated rings. The van der Waals surface area contributed by atoms with Crippen molar-refractivity contribution in [3.63, 3.8) is 0 Å². The van der Waals surface area contributed by atoms with Gasteiger partial charge in [0.15, 0.2) is 0 Å². The highest BCUT2D eigenvalue weighted by Crippen LogP contribution is 2.22. The van der Waals surface area contributed by atoms with Gasteiger partial charge in [-0.1, -0.05) is 0 Å². The molecule has 0 amide bonds. The molecular formula is C8H5BrFIO2. The van der Waals surface area contributed by atoms with Crippen molar-refractivity contribution in [2.75, 3.05) is 0 Å². The summed E-state index contributed by atoms with van der Waals surface area (Å²) in [4.78, 5) is 10.4. The Hall–Kier alpha value is -0.170. The maximum absolute atomic E-state index is 13.2. The second kappa shape index (κ2) is 4.36. The number of carboxylic acids is 1. The molecule has 0 saturated carbocycles. The van der Waals surface area contributed by atoms with Crippen molar-refractivity contribution < 1.29 is 14.3 Å². The second-order valence-electron chi connectivity index (χ2n) is 2.43. The van der Waals surface area contributed by atoms with Gasteiger partial charge in [-0.05, 0) is 50.7 Å². The van der Waals surface area contributed by atoms with Crippen molar-refractivity contribution >= 4 is 44.5 Å². The van der Waals surface area contributed by atoms with Crippen LogP contribution >= 0.6 is 38.5 Å². The first kappa shape index (κ1) is 10.9. The maximum Gasteiger partial charge on any atom is 0.307 e. The molecule has 0 aliphatic rings. The Morgan fingerprint density at radius 1 is 1.62 bits per heavy atom. The number of carbonyl (C=O) groups is 1. The van der Waals surface area contributed by atoms with Crippen LogP contribution in [0.4, 0.5) is 4.39 Å². The van der Waals surface area contributed by atoms with E-state index in [0.717, 1.165) is 3.57 Å². The van der Waals surface area contributed by atoms with Gasteiger partial charge in [-0.3, -0.25) is 4.79 Å². The summed E-state index contributed by atoms with van der Waals surface area (Å²) < 4.78 is 14.3. The molecule has 0 aliphatic carbocycles. The first-order valence-electron chi connectivity index (χ1n) is 3.36. The molecule has 0 aliphatic heterocycles. The zero-order valence-electron chi connectivity index (χ0n) is 6.35. The van der Waals surface area contributed by atoms with E-state index < -0.39 is 11.8 Å². The Morgan fingerprint density at radius 3 is 2.77 bits per heavy atom. The second-order valence-corrected chi connectivity index (χ2v) is 4.53. The highest BCUT2D eigenvalue weighted by molar-refractivity contribution is 14.1. The van der Waals surface area contributed by atoms with Gasteiger partial charge in [0.05, 0.1) is 10.9 Å². The molecule has 0 unspecified atom stereocenters. The number of rotatable bonds is 2. The molecule has 0 radical (unpaired) electrons. The SMILES string of the molecule is O=C(O)Cc1cc(I)cc(Br)c1F. The molecule has 0 atom stereocenters. The Labute approximate surface area is 96.4 Å². The Balaban J connectivity index is 3.12. The minimum atomic E-state index is -1.03. The summed E-state index contributed by atoms with van der Waals surface area (Å²) in [6.07, 6.45) is -0.290. The standard InChI is InChI=1S/C8H5BrFIO2/c9-6-3-5(11)1-4(8(6)10)2-7(12)13/h1,3H,2H2,(H,12,13). The van der Waals surface area contributed by atoms with Crippen molar-refractivity contribution in [1.29, 1.82) is 0 Å². The molecule has 13 heavy (non-hydrogen) atoms. The molecule has 0 aromatic heterocycles. The number of hydrogen-bond donors (Lipinski definition) is 1. The van der Waals surface area contributed by atoms with Crippen molar-refractivity contribution in [2.45, 2.75) is 6.42 Å². The van der Waals surface area contributed by atoms with Crippen LogP contribution in [0, 0.1) is 9.39 Å². The first-order valence-corrected chi connectivity index (χ1v) is 5.23. The highest BCUT2D eigenvalue weighted by atomic mass is 127. The third kappa shape index (κ3) is 2.91. The van der Waals surface area contributed by atoms with E-state index in [4.69, 9.17) is 5.11 Å². The Morgan fingerprint density at radius 2 is 2.23 bits per heavy atom. The average molecular weight is 359 g/mol. The number of carboxylic acid groups (broad SMARTS) is 1. The minimum absolute atomic E-state index is 0.200. The maximum atomic E-state index is 13.2. The zero-order valence-corrected chi connectivity index (χ0v) is 10.1. The Bertz CT molecular complexity index is 354. The van der Waals surface area contributed by atoms with Gasteiger partial charge >= 0.3 is 5.97 Å². The fourth-order valence-electron chi connectivity index (χ4n) is 0.901. The van der Waals surface area contributed by atoms with Gasteiger partial charge in [-0.25, -0.2) is 4.39 Å². The van der Waals surface area contributed by atoms with E-state index in [2.05, 4.69) is 15.9 Å². The normalized spacial score (nSPS) is 10.1. The Kier molecular flexibility index (Phi) is 3.66. The third-order valence-corrected chi connectivity index (χ3v) is 2.61. The lowest BCUT2D eigenvalue weighted by atomic mass is 10.1. The van der Waals surface area contributed by atoms with Gasteiger partial charge in [0.1, 0.15) is 5.82 Å². The van der Waals surface area contributed by atoms with Gasteiger partial charge in [-0.15, -0.1) is 0 Å². The van der Waals surface area contributed by atoms with Gasteiger partial charge < -0.3 is 5.11 Å². The van der Waals surface area contributed by atoms with E-state index in [-0.39, 0.29) is 12.0 Å². The summed E-state index contributed by atoms with van der Waals surface area (Å²) in [5.74, 6) is -1.53. The van der Waals surface area contributed by atoms with Crippen LogP contribution in [-0.2, 0) is 11.2 Å². The van der Waals surface area contributed by atoms with Crippen LogP contribution < -0.4 is 0 Å². The van der Waals surface area contributed by atoms with E-state index in [0.29, 0.717) is 4.47 Å². The van der Waals surface area contributed by atoms with Crippen LogP contribution in [-0.4, -0.2) is 11.1 Å². The summed E-state index contributed by atoms with van der Waals surface area (Å²) in [7, 11) is 0. The van der Waals surface area contributed by atoms with Gasteiger partial charge in [0, 0.05) is 9.13 Å². The number of halogens is 3. The van der Waals surface area contributed by atoms with E-state index in [1.807, 2.05) is 22.6 Å². The lowest BCUT2D eigenvalue weighted by molar-refractivity contribution is -0.136. The molecule has 0 saturated heterocycles. The molecule has 0 bridgehead atoms. The van der Waals surface area contributed by atoms with Crippen LogP contribution in [0.3, 0.4) is 0 Å². The van der Waals surface area contributed by atoms with E-state index >= 15 is 0 Å². The van der Waals surface area contributed by atoms with Crippen LogP contribution in [0.2, 0.25) is 0 Å².